The van der Waals surface area contributed by atoms with Crippen LogP contribution in [0.15, 0.2) is 36.4 Å². The van der Waals surface area contributed by atoms with E-state index < -0.39 is 0 Å². The van der Waals surface area contributed by atoms with Crippen LogP contribution in [0.1, 0.15) is 39.0 Å². The Labute approximate surface area is 155 Å². The molecule has 3 rings (SSSR count). The minimum absolute atomic E-state index is 0.0128. The first-order valence-corrected chi connectivity index (χ1v) is 9.43. The van der Waals surface area contributed by atoms with E-state index in [1.54, 1.807) is 18.2 Å². The highest BCUT2D eigenvalue weighted by atomic mass is 32.1. The van der Waals surface area contributed by atoms with Crippen LogP contribution in [-0.4, -0.2) is 41.5 Å². The summed E-state index contributed by atoms with van der Waals surface area (Å²) in [4.78, 5) is 28.1. The Morgan fingerprint density at radius 3 is 2.73 bits per heavy atom. The third-order valence-corrected chi connectivity index (χ3v) is 5.60. The van der Waals surface area contributed by atoms with Crippen LogP contribution < -0.4 is 5.32 Å². The zero-order valence-corrected chi connectivity index (χ0v) is 15.1. The SMILES string of the molecule is O=C(NCCO)c1ccc(C2CCCN2C(=O)Cc2ccc(F)cc2)s1. The molecule has 1 aromatic heterocycles. The molecule has 0 bridgehead atoms. The molecule has 26 heavy (non-hydrogen) atoms. The standard InChI is InChI=1S/C19H21FN2O3S/c20-14-5-3-13(4-6-14)12-18(24)22-10-1-2-15(22)16-7-8-17(26-16)19(25)21-9-11-23/h3-8,15,23H,1-2,9-12H2,(H,21,25). The van der Waals surface area contributed by atoms with E-state index in [4.69, 9.17) is 5.11 Å². The van der Waals surface area contributed by atoms with Gasteiger partial charge in [-0.15, -0.1) is 11.3 Å². The number of nitrogens with one attached hydrogen (secondary N) is 1. The van der Waals surface area contributed by atoms with Crippen molar-refractivity contribution in [2.75, 3.05) is 19.7 Å². The van der Waals surface area contributed by atoms with Gasteiger partial charge in [0.25, 0.3) is 5.91 Å². The molecule has 138 valence electrons. The minimum atomic E-state index is -0.314. The number of aliphatic hydroxyl groups is 1. The first kappa shape index (κ1) is 18.5. The van der Waals surface area contributed by atoms with Gasteiger partial charge in [0.15, 0.2) is 0 Å². The van der Waals surface area contributed by atoms with Crippen LogP contribution in [0.3, 0.4) is 0 Å². The van der Waals surface area contributed by atoms with Gasteiger partial charge in [0, 0.05) is 18.0 Å². The average molecular weight is 376 g/mol. The first-order valence-electron chi connectivity index (χ1n) is 8.61. The largest absolute Gasteiger partial charge is 0.395 e. The van der Waals surface area contributed by atoms with Crippen LogP contribution in [0.2, 0.25) is 0 Å². The molecule has 1 atom stereocenters. The molecule has 7 heteroatoms. The molecule has 2 heterocycles. The molecule has 0 aliphatic carbocycles. The van der Waals surface area contributed by atoms with Crippen molar-refractivity contribution in [2.24, 2.45) is 0 Å². The van der Waals surface area contributed by atoms with Gasteiger partial charge in [-0.1, -0.05) is 12.1 Å². The van der Waals surface area contributed by atoms with E-state index in [1.807, 2.05) is 11.0 Å². The summed E-state index contributed by atoms with van der Waals surface area (Å²) < 4.78 is 13.0. The lowest BCUT2D eigenvalue weighted by molar-refractivity contribution is -0.131. The van der Waals surface area contributed by atoms with Crippen molar-refractivity contribution in [3.8, 4) is 0 Å². The molecule has 1 saturated heterocycles. The summed E-state index contributed by atoms with van der Waals surface area (Å²) in [5, 5.41) is 11.4. The molecule has 0 radical (unpaired) electrons. The molecule has 5 nitrogen and oxygen atoms in total. The molecule has 1 fully saturated rings. The Kier molecular flexibility index (Phi) is 6.00. The zero-order chi connectivity index (χ0) is 18.5. The van der Waals surface area contributed by atoms with Crippen molar-refractivity contribution in [1.29, 1.82) is 0 Å². The van der Waals surface area contributed by atoms with Gasteiger partial charge in [0.1, 0.15) is 5.82 Å². The number of halogens is 1. The van der Waals surface area contributed by atoms with Gasteiger partial charge < -0.3 is 15.3 Å². The normalized spacial score (nSPS) is 16.7. The summed E-state index contributed by atoms with van der Waals surface area (Å²) in [6.45, 7) is 0.810. The average Bonchev–Trinajstić information content (AvgIpc) is 3.30. The number of nitrogens with zero attached hydrogens (tertiary/aromatic N) is 1. The van der Waals surface area contributed by atoms with Crippen LogP contribution in [0, 0.1) is 5.82 Å². The highest BCUT2D eigenvalue weighted by Crippen LogP contribution is 2.36. The van der Waals surface area contributed by atoms with Crippen LogP contribution in [0.5, 0.6) is 0 Å². The molecule has 1 unspecified atom stereocenters. The number of benzene rings is 1. The smallest absolute Gasteiger partial charge is 0.261 e. The maximum Gasteiger partial charge on any atom is 0.261 e. The Hall–Kier alpha value is -2.25. The maximum atomic E-state index is 13.0. The molecule has 1 aliphatic heterocycles. The van der Waals surface area contributed by atoms with E-state index in [9.17, 15) is 14.0 Å². The molecule has 2 N–H and O–H groups in total. The Morgan fingerprint density at radius 2 is 2.00 bits per heavy atom. The van der Waals surface area contributed by atoms with Gasteiger partial charge in [-0.25, -0.2) is 4.39 Å². The van der Waals surface area contributed by atoms with E-state index in [-0.39, 0.29) is 43.2 Å². The van der Waals surface area contributed by atoms with Crippen LogP contribution in [-0.2, 0) is 11.2 Å². The van der Waals surface area contributed by atoms with Crippen LogP contribution in [0.25, 0.3) is 0 Å². The van der Waals surface area contributed by atoms with Crippen LogP contribution in [0.4, 0.5) is 4.39 Å². The minimum Gasteiger partial charge on any atom is -0.395 e. The molecule has 0 spiro atoms. The van der Waals surface area contributed by atoms with Crippen molar-refractivity contribution in [1.82, 2.24) is 10.2 Å². The van der Waals surface area contributed by atoms with E-state index in [0.717, 1.165) is 23.3 Å². The first-order chi connectivity index (χ1) is 12.6. The molecule has 1 aromatic carbocycles. The fraction of sp³-hybridized carbons (Fsp3) is 0.368. The Bertz CT molecular complexity index is 775. The quantitative estimate of drug-likeness (QED) is 0.814. The Balaban J connectivity index is 1.68. The summed E-state index contributed by atoms with van der Waals surface area (Å²) in [6, 6.07) is 9.62. The van der Waals surface area contributed by atoms with Crippen molar-refractivity contribution in [3.05, 3.63) is 57.5 Å². The molecule has 0 saturated carbocycles. The lowest BCUT2D eigenvalue weighted by Gasteiger charge is -2.24. The Morgan fingerprint density at radius 1 is 1.23 bits per heavy atom. The van der Waals surface area contributed by atoms with Gasteiger partial charge in [0.2, 0.25) is 5.91 Å². The molecule has 2 amide bonds. The highest BCUT2D eigenvalue weighted by Gasteiger charge is 2.31. The van der Waals surface area contributed by atoms with E-state index in [1.165, 1.54) is 23.5 Å². The van der Waals surface area contributed by atoms with Gasteiger partial charge in [-0.2, -0.15) is 0 Å². The molecule has 2 aromatic rings. The molecular formula is C19H21FN2O3S. The number of rotatable bonds is 6. The van der Waals surface area contributed by atoms with E-state index >= 15 is 0 Å². The zero-order valence-electron chi connectivity index (χ0n) is 14.3. The van der Waals surface area contributed by atoms with Gasteiger partial charge in [-0.3, -0.25) is 9.59 Å². The van der Waals surface area contributed by atoms with Crippen molar-refractivity contribution < 1.29 is 19.1 Å². The number of hydrogen-bond donors (Lipinski definition) is 2. The summed E-state index contributed by atoms with van der Waals surface area (Å²) in [6.07, 6.45) is 2.03. The number of thiophene rings is 1. The second-order valence-corrected chi connectivity index (χ2v) is 7.35. The number of likely N-dealkylation sites (tertiary alicyclic amines) is 1. The second kappa shape index (κ2) is 8.42. The number of carbonyl (C=O) groups excluding carboxylic acids is 2. The lowest BCUT2D eigenvalue weighted by Crippen LogP contribution is -2.31. The summed E-state index contributed by atoms with van der Waals surface area (Å²) in [7, 11) is 0. The van der Waals surface area contributed by atoms with Crippen molar-refractivity contribution >= 4 is 23.2 Å². The summed E-state index contributed by atoms with van der Waals surface area (Å²) in [5.74, 6) is -0.512. The number of aliphatic hydroxyl groups excluding tert-OH is 1. The number of carbonyl (C=O) groups is 2. The van der Waals surface area contributed by atoms with Gasteiger partial charge >= 0.3 is 0 Å². The predicted molar refractivity (Wildman–Crippen MR) is 97.5 cm³/mol. The fourth-order valence-corrected chi connectivity index (χ4v) is 4.22. The third-order valence-electron chi connectivity index (χ3n) is 4.42. The van der Waals surface area contributed by atoms with Crippen molar-refractivity contribution in [2.45, 2.75) is 25.3 Å². The lowest BCUT2D eigenvalue weighted by atomic mass is 10.1. The third kappa shape index (κ3) is 4.28. The van der Waals surface area contributed by atoms with Crippen molar-refractivity contribution in [3.63, 3.8) is 0 Å². The molecular weight excluding hydrogens is 355 g/mol. The predicted octanol–water partition coefficient (Wildman–Crippen LogP) is 2.52. The second-order valence-electron chi connectivity index (χ2n) is 6.23. The highest BCUT2D eigenvalue weighted by molar-refractivity contribution is 7.14. The monoisotopic (exact) mass is 376 g/mol. The van der Waals surface area contributed by atoms with Gasteiger partial charge in [-0.05, 0) is 42.7 Å². The summed E-state index contributed by atoms with van der Waals surface area (Å²) >= 11 is 1.38. The fourth-order valence-electron chi connectivity index (χ4n) is 3.15. The topological polar surface area (TPSA) is 69.6 Å². The van der Waals surface area contributed by atoms with Gasteiger partial charge in [0.05, 0.1) is 23.9 Å². The number of hydrogen-bond acceptors (Lipinski definition) is 4. The van der Waals surface area contributed by atoms with E-state index in [0.29, 0.717) is 11.4 Å². The molecule has 1 aliphatic rings. The number of amides is 2. The maximum absolute atomic E-state index is 13.0. The van der Waals surface area contributed by atoms with E-state index in [2.05, 4.69) is 5.32 Å². The summed E-state index contributed by atoms with van der Waals surface area (Å²) in [5.41, 5.74) is 0.789. The van der Waals surface area contributed by atoms with Crippen LogP contribution >= 0.6 is 11.3 Å².